The lowest BCUT2D eigenvalue weighted by molar-refractivity contribution is 0.724. The van der Waals surface area contributed by atoms with E-state index < -0.39 is 0 Å². The lowest BCUT2D eigenvalue weighted by atomic mass is 10.1. The minimum Gasteiger partial charge on any atom is -0.338 e. The Kier molecular flexibility index (Phi) is 3.35. The number of aromatic amines is 1. The summed E-state index contributed by atoms with van der Waals surface area (Å²) in [5.41, 5.74) is 1.42. The first kappa shape index (κ1) is 12.8. The molecule has 1 aliphatic carbocycles. The monoisotopic (exact) mass is 283 g/mol. The summed E-state index contributed by atoms with van der Waals surface area (Å²) in [5, 5.41) is 11.0. The molecule has 110 valence electrons. The molecule has 5 heteroatoms. The van der Waals surface area contributed by atoms with Gasteiger partial charge in [-0.1, -0.05) is 30.3 Å². The van der Waals surface area contributed by atoms with Crippen molar-refractivity contribution < 1.29 is 0 Å². The SMILES string of the molecule is c1ccc(C2CC2c2nc(N3CCCNCC3)n[nH]2)cc1. The first-order valence-electron chi connectivity index (χ1n) is 7.85. The molecule has 2 aromatic rings. The van der Waals surface area contributed by atoms with Gasteiger partial charge in [-0.3, -0.25) is 5.10 Å². The van der Waals surface area contributed by atoms with E-state index in [1.165, 1.54) is 12.0 Å². The van der Waals surface area contributed by atoms with E-state index in [1.54, 1.807) is 0 Å². The van der Waals surface area contributed by atoms with Crippen molar-refractivity contribution >= 4 is 5.95 Å². The summed E-state index contributed by atoms with van der Waals surface area (Å²) in [6.07, 6.45) is 2.33. The number of rotatable bonds is 3. The van der Waals surface area contributed by atoms with Crippen LogP contribution in [0.4, 0.5) is 5.95 Å². The van der Waals surface area contributed by atoms with Crippen molar-refractivity contribution in [2.45, 2.75) is 24.7 Å². The molecule has 2 fully saturated rings. The molecule has 1 saturated carbocycles. The van der Waals surface area contributed by atoms with E-state index in [2.05, 4.69) is 50.7 Å². The summed E-state index contributed by atoms with van der Waals surface area (Å²) < 4.78 is 0. The summed E-state index contributed by atoms with van der Waals surface area (Å²) in [5.74, 6) is 3.04. The number of nitrogens with one attached hydrogen (secondary N) is 2. The molecule has 1 aliphatic heterocycles. The van der Waals surface area contributed by atoms with Crippen molar-refractivity contribution in [2.75, 3.05) is 31.1 Å². The highest BCUT2D eigenvalue weighted by Gasteiger charge is 2.42. The molecule has 0 spiro atoms. The number of aromatic nitrogens is 3. The summed E-state index contributed by atoms with van der Waals surface area (Å²) in [7, 11) is 0. The molecule has 2 atom stereocenters. The van der Waals surface area contributed by atoms with Crippen molar-refractivity contribution in [1.29, 1.82) is 0 Å². The van der Waals surface area contributed by atoms with Gasteiger partial charge in [-0.25, -0.2) is 0 Å². The van der Waals surface area contributed by atoms with Gasteiger partial charge in [0.15, 0.2) is 0 Å². The third kappa shape index (κ3) is 2.65. The summed E-state index contributed by atoms with van der Waals surface area (Å²) in [6.45, 7) is 4.13. The minimum atomic E-state index is 0.513. The van der Waals surface area contributed by atoms with Gasteiger partial charge in [0, 0.05) is 25.6 Å². The molecule has 1 aromatic heterocycles. The number of hydrogen-bond acceptors (Lipinski definition) is 4. The van der Waals surface area contributed by atoms with Crippen LogP contribution in [0.3, 0.4) is 0 Å². The quantitative estimate of drug-likeness (QED) is 0.903. The van der Waals surface area contributed by atoms with Crippen LogP contribution in [0.5, 0.6) is 0 Å². The van der Waals surface area contributed by atoms with Crippen LogP contribution in [-0.4, -0.2) is 41.4 Å². The first-order valence-corrected chi connectivity index (χ1v) is 7.85. The molecular weight excluding hydrogens is 262 g/mol. The third-order valence-corrected chi connectivity index (χ3v) is 4.48. The Morgan fingerprint density at radius 3 is 2.86 bits per heavy atom. The van der Waals surface area contributed by atoms with Crippen molar-refractivity contribution in [3.05, 3.63) is 41.7 Å². The Labute approximate surface area is 124 Å². The summed E-state index contributed by atoms with van der Waals surface area (Å²) in [6, 6.07) is 10.7. The second-order valence-electron chi connectivity index (χ2n) is 5.97. The highest BCUT2D eigenvalue weighted by atomic mass is 15.4. The highest BCUT2D eigenvalue weighted by molar-refractivity contribution is 5.35. The van der Waals surface area contributed by atoms with Gasteiger partial charge in [0.05, 0.1) is 0 Å². The van der Waals surface area contributed by atoms with E-state index in [0.717, 1.165) is 44.4 Å². The fourth-order valence-electron chi connectivity index (χ4n) is 3.18. The Morgan fingerprint density at radius 2 is 1.95 bits per heavy atom. The molecule has 2 unspecified atom stereocenters. The lowest BCUT2D eigenvalue weighted by Gasteiger charge is -2.16. The van der Waals surface area contributed by atoms with E-state index in [0.29, 0.717) is 11.8 Å². The zero-order valence-electron chi connectivity index (χ0n) is 12.1. The van der Waals surface area contributed by atoms with Crippen molar-refractivity contribution in [2.24, 2.45) is 0 Å². The normalized spacial score (nSPS) is 25.6. The van der Waals surface area contributed by atoms with E-state index in [-0.39, 0.29) is 0 Å². The highest BCUT2D eigenvalue weighted by Crippen LogP contribution is 2.53. The Balaban J connectivity index is 1.46. The van der Waals surface area contributed by atoms with Gasteiger partial charge in [0.2, 0.25) is 5.95 Å². The van der Waals surface area contributed by atoms with Crippen LogP contribution in [0.2, 0.25) is 0 Å². The van der Waals surface area contributed by atoms with Gasteiger partial charge in [0.25, 0.3) is 0 Å². The van der Waals surface area contributed by atoms with Gasteiger partial charge in [-0.15, -0.1) is 5.10 Å². The number of nitrogens with zero attached hydrogens (tertiary/aromatic N) is 3. The lowest BCUT2D eigenvalue weighted by Crippen LogP contribution is -2.28. The molecule has 1 saturated heterocycles. The van der Waals surface area contributed by atoms with E-state index in [1.807, 2.05) is 0 Å². The molecule has 4 rings (SSSR count). The van der Waals surface area contributed by atoms with Crippen molar-refractivity contribution in [3.8, 4) is 0 Å². The molecule has 21 heavy (non-hydrogen) atoms. The molecular formula is C16H21N5. The average Bonchev–Trinajstić information content (AvgIpc) is 3.26. The van der Waals surface area contributed by atoms with Gasteiger partial charge in [-0.2, -0.15) is 4.98 Å². The average molecular weight is 283 g/mol. The number of benzene rings is 1. The zero-order chi connectivity index (χ0) is 14.1. The molecule has 0 bridgehead atoms. The van der Waals surface area contributed by atoms with Gasteiger partial charge >= 0.3 is 0 Å². The van der Waals surface area contributed by atoms with Gasteiger partial charge in [-0.05, 0) is 30.9 Å². The molecule has 2 aliphatic rings. The second kappa shape index (κ2) is 5.48. The van der Waals surface area contributed by atoms with E-state index >= 15 is 0 Å². The van der Waals surface area contributed by atoms with Crippen LogP contribution in [0.25, 0.3) is 0 Å². The maximum atomic E-state index is 4.74. The van der Waals surface area contributed by atoms with Crippen LogP contribution in [-0.2, 0) is 0 Å². The zero-order valence-corrected chi connectivity index (χ0v) is 12.1. The Morgan fingerprint density at radius 1 is 1.05 bits per heavy atom. The van der Waals surface area contributed by atoms with Gasteiger partial charge in [0.1, 0.15) is 5.82 Å². The van der Waals surface area contributed by atoms with Crippen LogP contribution >= 0.6 is 0 Å². The van der Waals surface area contributed by atoms with Crippen LogP contribution in [0.1, 0.15) is 36.1 Å². The molecule has 1 aromatic carbocycles. The Bertz CT molecular complexity index is 586. The standard InChI is InChI=1S/C16H21N5/c1-2-5-12(6-3-1)13-11-14(13)15-18-16(20-19-15)21-9-4-7-17-8-10-21/h1-3,5-6,13-14,17H,4,7-11H2,(H,18,19,20). The van der Waals surface area contributed by atoms with Crippen LogP contribution in [0, 0.1) is 0 Å². The van der Waals surface area contributed by atoms with Crippen molar-refractivity contribution in [1.82, 2.24) is 20.5 Å². The van der Waals surface area contributed by atoms with E-state index in [9.17, 15) is 0 Å². The van der Waals surface area contributed by atoms with E-state index in [4.69, 9.17) is 4.98 Å². The van der Waals surface area contributed by atoms with Crippen molar-refractivity contribution in [3.63, 3.8) is 0 Å². The number of H-pyrrole nitrogens is 1. The topological polar surface area (TPSA) is 56.8 Å². The maximum absolute atomic E-state index is 4.74. The fourth-order valence-corrected chi connectivity index (χ4v) is 3.18. The third-order valence-electron chi connectivity index (χ3n) is 4.48. The smallest absolute Gasteiger partial charge is 0.244 e. The molecule has 2 N–H and O–H groups in total. The second-order valence-corrected chi connectivity index (χ2v) is 5.97. The number of hydrogen-bond donors (Lipinski definition) is 2. The van der Waals surface area contributed by atoms with Crippen LogP contribution in [0.15, 0.2) is 30.3 Å². The first-order chi connectivity index (χ1) is 10.4. The molecule has 0 radical (unpaired) electrons. The molecule has 0 amide bonds. The van der Waals surface area contributed by atoms with Gasteiger partial charge < -0.3 is 10.2 Å². The maximum Gasteiger partial charge on any atom is 0.244 e. The largest absolute Gasteiger partial charge is 0.338 e. The number of anilines is 1. The predicted octanol–water partition coefficient (Wildman–Crippen LogP) is 1.88. The summed E-state index contributed by atoms with van der Waals surface area (Å²) >= 11 is 0. The van der Waals surface area contributed by atoms with Crippen LogP contribution < -0.4 is 10.2 Å². The fraction of sp³-hybridized carbons (Fsp3) is 0.500. The predicted molar refractivity (Wildman–Crippen MR) is 82.6 cm³/mol. The summed E-state index contributed by atoms with van der Waals surface area (Å²) in [4.78, 5) is 7.02. The molecule has 5 nitrogen and oxygen atoms in total. The molecule has 2 heterocycles. The minimum absolute atomic E-state index is 0.513. The Hall–Kier alpha value is -1.88.